The standard InChI is InChI=1S/C13H23NO3/c1-13(2,3)17-12(16)14-11-9-5-4-8(6-9)10(11)7-15/h8-11,15H,4-7H2,1-3H3,(H,14,16)/t8-,9-,10+,11+/m0/s1. The molecule has 0 heterocycles. The third kappa shape index (κ3) is 2.73. The SMILES string of the molecule is CC(C)(C)OC(=O)N[C@@H]1[C@H]2CC[C@@H](C2)[C@H]1CO. The lowest BCUT2D eigenvalue weighted by molar-refractivity contribution is 0.0437. The molecule has 2 saturated carbocycles. The highest BCUT2D eigenvalue weighted by Gasteiger charge is 2.48. The number of rotatable bonds is 2. The molecule has 2 aliphatic carbocycles. The average molecular weight is 241 g/mol. The lowest BCUT2D eigenvalue weighted by Gasteiger charge is -2.31. The van der Waals surface area contributed by atoms with E-state index >= 15 is 0 Å². The Kier molecular flexibility index (Phi) is 3.34. The third-order valence-electron chi connectivity index (χ3n) is 3.98. The van der Waals surface area contributed by atoms with Gasteiger partial charge in [-0.1, -0.05) is 0 Å². The Bertz CT molecular complexity index is 298. The minimum atomic E-state index is -0.462. The number of hydrogen-bond acceptors (Lipinski definition) is 3. The number of amides is 1. The molecule has 0 saturated heterocycles. The molecule has 0 aromatic heterocycles. The van der Waals surface area contributed by atoms with Crippen molar-refractivity contribution in [1.82, 2.24) is 5.32 Å². The van der Waals surface area contributed by atoms with Gasteiger partial charge in [-0.15, -0.1) is 0 Å². The van der Waals surface area contributed by atoms with E-state index in [0.29, 0.717) is 11.8 Å². The lowest BCUT2D eigenvalue weighted by Crippen LogP contribution is -2.47. The second-order valence-electron chi connectivity index (χ2n) is 6.35. The first kappa shape index (κ1) is 12.7. The summed E-state index contributed by atoms with van der Waals surface area (Å²) in [5, 5.41) is 12.4. The lowest BCUT2D eigenvalue weighted by atomic mass is 9.85. The first-order valence-electron chi connectivity index (χ1n) is 6.51. The molecule has 2 fully saturated rings. The molecule has 2 N–H and O–H groups in total. The summed E-state index contributed by atoms with van der Waals surface area (Å²) < 4.78 is 5.27. The van der Waals surface area contributed by atoms with E-state index in [1.807, 2.05) is 20.8 Å². The molecule has 4 heteroatoms. The molecular weight excluding hydrogens is 218 g/mol. The maximum Gasteiger partial charge on any atom is 0.407 e. The van der Waals surface area contributed by atoms with Gasteiger partial charge in [0.25, 0.3) is 0 Å². The molecule has 4 atom stereocenters. The Morgan fingerprint density at radius 3 is 2.59 bits per heavy atom. The first-order valence-corrected chi connectivity index (χ1v) is 6.51. The van der Waals surface area contributed by atoms with Gasteiger partial charge in [-0.25, -0.2) is 4.79 Å². The van der Waals surface area contributed by atoms with Crippen molar-refractivity contribution in [1.29, 1.82) is 0 Å². The molecule has 0 aliphatic heterocycles. The van der Waals surface area contributed by atoms with Crippen LogP contribution >= 0.6 is 0 Å². The molecule has 2 rings (SSSR count). The molecule has 0 spiro atoms. The minimum Gasteiger partial charge on any atom is -0.444 e. The molecule has 0 radical (unpaired) electrons. The summed E-state index contributed by atoms with van der Waals surface area (Å²) in [6, 6.07) is 0.105. The number of aliphatic hydroxyl groups is 1. The van der Waals surface area contributed by atoms with Gasteiger partial charge in [-0.05, 0) is 51.9 Å². The minimum absolute atomic E-state index is 0.105. The van der Waals surface area contributed by atoms with Gasteiger partial charge in [0.05, 0.1) is 0 Å². The highest BCUT2D eigenvalue weighted by molar-refractivity contribution is 5.68. The second-order valence-corrected chi connectivity index (χ2v) is 6.35. The summed E-state index contributed by atoms with van der Waals surface area (Å²) in [6.45, 7) is 5.74. The van der Waals surface area contributed by atoms with Gasteiger partial charge >= 0.3 is 6.09 Å². The number of carbonyl (C=O) groups excluding carboxylic acids is 1. The maximum absolute atomic E-state index is 11.7. The quantitative estimate of drug-likeness (QED) is 0.776. The fourth-order valence-corrected chi connectivity index (χ4v) is 3.34. The predicted octanol–water partition coefficient (Wildman–Crippen LogP) is 1.92. The molecule has 1 amide bonds. The fraction of sp³-hybridized carbons (Fsp3) is 0.923. The Balaban J connectivity index is 1.92. The third-order valence-corrected chi connectivity index (χ3v) is 3.98. The van der Waals surface area contributed by atoms with Crippen molar-refractivity contribution in [2.45, 2.75) is 51.7 Å². The van der Waals surface area contributed by atoms with Gasteiger partial charge in [-0.2, -0.15) is 0 Å². The number of hydrogen-bond donors (Lipinski definition) is 2. The molecule has 0 unspecified atom stereocenters. The van der Waals surface area contributed by atoms with Crippen LogP contribution in [0.25, 0.3) is 0 Å². The number of aliphatic hydroxyl groups excluding tert-OH is 1. The molecule has 4 nitrogen and oxygen atoms in total. The van der Waals surface area contributed by atoms with E-state index in [-0.39, 0.29) is 24.7 Å². The van der Waals surface area contributed by atoms with E-state index in [1.54, 1.807) is 0 Å². The summed E-state index contributed by atoms with van der Waals surface area (Å²) in [5.74, 6) is 1.34. The van der Waals surface area contributed by atoms with Gasteiger partial charge in [0.1, 0.15) is 5.60 Å². The van der Waals surface area contributed by atoms with E-state index < -0.39 is 5.60 Å². The average Bonchev–Trinajstić information content (AvgIpc) is 2.74. The summed E-state index contributed by atoms with van der Waals surface area (Å²) >= 11 is 0. The van der Waals surface area contributed by atoms with Gasteiger partial charge in [0.15, 0.2) is 0 Å². The Labute approximate surface area is 103 Å². The second kappa shape index (κ2) is 4.48. The molecular formula is C13H23NO3. The Morgan fingerprint density at radius 1 is 1.35 bits per heavy atom. The van der Waals surface area contributed by atoms with Crippen molar-refractivity contribution < 1.29 is 14.6 Å². The number of nitrogens with one attached hydrogen (secondary N) is 1. The number of ether oxygens (including phenoxy) is 1. The molecule has 2 bridgehead atoms. The summed E-state index contributed by atoms with van der Waals surface area (Å²) in [4.78, 5) is 11.7. The van der Waals surface area contributed by atoms with Crippen LogP contribution in [0, 0.1) is 17.8 Å². The highest BCUT2D eigenvalue weighted by atomic mass is 16.6. The van der Waals surface area contributed by atoms with E-state index in [9.17, 15) is 9.90 Å². The van der Waals surface area contributed by atoms with Gasteiger partial charge in [-0.3, -0.25) is 0 Å². The molecule has 0 aromatic rings. The molecule has 2 aliphatic rings. The summed E-state index contributed by atoms with van der Waals surface area (Å²) in [6.07, 6.45) is 3.16. The van der Waals surface area contributed by atoms with Gasteiger partial charge in [0.2, 0.25) is 0 Å². The zero-order valence-electron chi connectivity index (χ0n) is 10.9. The molecule has 0 aromatic carbocycles. The van der Waals surface area contributed by atoms with Crippen LogP contribution in [-0.4, -0.2) is 29.4 Å². The number of fused-ring (bicyclic) bond motifs is 2. The zero-order valence-corrected chi connectivity index (χ0v) is 10.9. The normalized spacial score (nSPS) is 36.0. The van der Waals surface area contributed by atoms with Crippen molar-refractivity contribution in [2.24, 2.45) is 17.8 Å². The van der Waals surface area contributed by atoms with Crippen molar-refractivity contribution in [3.63, 3.8) is 0 Å². The van der Waals surface area contributed by atoms with Crippen LogP contribution in [0.3, 0.4) is 0 Å². The summed E-state index contributed by atoms with van der Waals surface area (Å²) in [7, 11) is 0. The van der Waals surface area contributed by atoms with Crippen molar-refractivity contribution in [3.8, 4) is 0 Å². The highest BCUT2D eigenvalue weighted by Crippen LogP contribution is 2.48. The maximum atomic E-state index is 11.7. The summed E-state index contributed by atoms with van der Waals surface area (Å²) in [5.41, 5.74) is -0.462. The topological polar surface area (TPSA) is 58.6 Å². The predicted molar refractivity (Wildman–Crippen MR) is 64.6 cm³/mol. The smallest absolute Gasteiger partial charge is 0.407 e. The molecule has 17 heavy (non-hydrogen) atoms. The van der Waals surface area contributed by atoms with E-state index in [2.05, 4.69) is 5.32 Å². The van der Waals surface area contributed by atoms with Crippen LogP contribution in [-0.2, 0) is 4.74 Å². The largest absolute Gasteiger partial charge is 0.444 e. The van der Waals surface area contributed by atoms with Crippen molar-refractivity contribution >= 4 is 6.09 Å². The van der Waals surface area contributed by atoms with E-state index in [0.717, 1.165) is 6.42 Å². The van der Waals surface area contributed by atoms with Crippen LogP contribution in [0.2, 0.25) is 0 Å². The molecule has 98 valence electrons. The van der Waals surface area contributed by atoms with E-state index in [1.165, 1.54) is 12.8 Å². The fourth-order valence-electron chi connectivity index (χ4n) is 3.34. The van der Waals surface area contributed by atoms with Crippen molar-refractivity contribution in [3.05, 3.63) is 0 Å². The van der Waals surface area contributed by atoms with Crippen LogP contribution in [0.1, 0.15) is 40.0 Å². The van der Waals surface area contributed by atoms with Crippen LogP contribution in [0.5, 0.6) is 0 Å². The number of alkyl carbamates (subject to hydrolysis) is 1. The Hall–Kier alpha value is -0.770. The van der Waals surface area contributed by atoms with Gasteiger partial charge < -0.3 is 15.2 Å². The van der Waals surface area contributed by atoms with Crippen LogP contribution < -0.4 is 5.32 Å². The number of carbonyl (C=O) groups is 1. The van der Waals surface area contributed by atoms with Crippen LogP contribution in [0.4, 0.5) is 4.79 Å². The monoisotopic (exact) mass is 241 g/mol. The van der Waals surface area contributed by atoms with Crippen molar-refractivity contribution in [2.75, 3.05) is 6.61 Å². The van der Waals surface area contributed by atoms with E-state index in [4.69, 9.17) is 4.74 Å². The zero-order chi connectivity index (χ0) is 12.6. The van der Waals surface area contributed by atoms with Crippen LogP contribution in [0.15, 0.2) is 0 Å². The Morgan fingerprint density at radius 2 is 2.00 bits per heavy atom. The first-order chi connectivity index (χ1) is 7.90. The van der Waals surface area contributed by atoms with Gasteiger partial charge in [0, 0.05) is 18.6 Å².